The van der Waals surface area contributed by atoms with E-state index in [1.807, 2.05) is 25.4 Å². The van der Waals surface area contributed by atoms with Crippen LogP contribution in [0.1, 0.15) is 11.4 Å². The summed E-state index contributed by atoms with van der Waals surface area (Å²) in [6, 6.07) is 11.5. The van der Waals surface area contributed by atoms with E-state index in [9.17, 15) is 4.79 Å². The summed E-state index contributed by atoms with van der Waals surface area (Å²) in [5.74, 6) is 1.00. The standard InChI is InChI=1S/C16H17N3O/c1-12-6-7-13-14(11-12)18(2)15(17-13)8-10-19-9-4-3-5-16(19)20/h3-7,9,11H,8,10H2,1-2H3. The minimum atomic E-state index is 0.0297. The summed E-state index contributed by atoms with van der Waals surface area (Å²) in [6.45, 7) is 2.73. The van der Waals surface area contributed by atoms with Crippen LogP contribution in [0.2, 0.25) is 0 Å². The fourth-order valence-electron chi connectivity index (χ4n) is 2.44. The Hall–Kier alpha value is -2.36. The van der Waals surface area contributed by atoms with Gasteiger partial charge in [-0.05, 0) is 30.7 Å². The van der Waals surface area contributed by atoms with E-state index in [4.69, 9.17) is 0 Å². The minimum Gasteiger partial charge on any atom is -0.331 e. The molecule has 0 saturated heterocycles. The molecule has 2 heterocycles. The van der Waals surface area contributed by atoms with Gasteiger partial charge in [-0.25, -0.2) is 4.98 Å². The molecule has 0 spiro atoms. The summed E-state index contributed by atoms with van der Waals surface area (Å²) >= 11 is 0. The van der Waals surface area contributed by atoms with Gasteiger partial charge >= 0.3 is 0 Å². The van der Waals surface area contributed by atoms with Crippen molar-refractivity contribution < 1.29 is 0 Å². The molecule has 0 radical (unpaired) electrons. The van der Waals surface area contributed by atoms with Gasteiger partial charge in [0.05, 0.1) is 11.0 Å². The second-order valence-electron chi connectivity index (χ2n) is 5.06. The molecular weight excluding hydrogens is 250 g/mol. The number of aromatic nitrogens is 3. The molecular formula is C16H17N3O. The van der Waals surface area contributed by atoms with Gasteiger partial charge in [0.1, 0.15) is 5.82 Å². The number of aryl methyl sites for hydroxylation is 4. The van der Waals surface area contributed by atoms with Crippen LogP contribution in [-0.2, 0) is 20.0 Å². The third-order valence-corrected chi connectivity index (χ3v) is 3.60. The smallest absolute Gasteiger partial charge is 0.250 e. The van der Waals surface area contributed by atoms with Crippen LogP contribution in [0.25, 0.3) is 11.0 Å². The lowest BCUT2D eigenvalue weighted by Gasteiger charge is -2.05. The highest BCUT2D eigenvalue weighted by Gasteiger charge is 2.08. The number of benzene rings is 1. The van der Waals surface area contributed by atoms with Gasteiger partial charge < -0.3 is 9.13 Å². The zero-order valence-corrected chi connectivity index (χ0v) is 11.7. The Kier molecular flexibility index (Phi) is 3.14. The molecule has 0 aliphatic rings. The quantitative estimate of drug-likeness (QED) is 0.730. The monoisotopic (exact) mass is 267 g/mol. The Morgan fingerprint density at radius 3 is 2.85 bits per heavy atom. The average molecular weight is 267 g/mol. The lowest BCUT2D eigenvalue weighted by Crippen LogP contribution is -2.19. The van der Waals surface area contributed by atoms with Crippen molar-refractivity contribution in [1.82, 2.24) is 14.1 Å². The van der Waals surface area contributed by atoms with Crippen molar-refractivity contribution in [1.29, 1.82) is 0 Å². The highest BCUT2D eigenvalue weighted by molar-refractivity contribution is 5.76. The van der Waals surface area contributed by atoms with Crippen molar-refractivity contribution in [2.75, 3.05) is 0 Å². The summed E-state index contributed by atoms with van der Waals surface area (Å²) in [5.41, 5.74) is 3.40. The van der Waals surface area contributed by atoms with Crippen LogP contribution in [0, 0.1) is 6.92 Å². The molecule has 102 valence electrons. The number of imidazole rings is 1. The molecule has 4 nitrogen and oxygen atoms in total. The molecule has 0 N–H and O–H groups in total. The van der Waals surface area contributed by atoms with E-state index >= 15 is 0 Å². The Morgan fingerprint density at radius 2 is 2.05 bits per heavy atom. The largest absolute Gasteiger partial charge is 0.331 e. The van der Waals surface area contributed by atoms with Crippen LogP contribution in [-0.4, -0.2) is 14.1 Å². The summed E-state index contributed by atoms with van der Waals surface area (Å²) in [5, 5.41) is 0. The molecule has 3 aromatic rings. The maximum absolute atomic E-state index is 11.7. The molecule has 0 atom stereocenters. The van der Waals surface area contributed by atoms with Gasteiger partial charge in [0.25, 0.3) is 5.56 Å². The summed E-state index contributed by atoms with van der Waals surface area (Å²) in [7, 11) is 2.03. The van der Waals surface area contributed by atoms with Gasteiger partial charge in [0, 0.05) is 32.3 Å². The van der Waals surface area contributed by atoms with Crippen LogP contribution in [0.5, 0.6) is 0 Å². The molecule has 0 fully saturated rings. The first-order chi connectivity index (χ1) is 9.65. The zero-order valence-electron chi connectivity index (χ0n) is 11.7. The van der Waals surface area contributed by atoms with E-state index in [0.717, 1.165) is 23.3 Å². The van der Waals surface area contributed by atoms with Crippen LogP contribution < -0.4 is 5.56 Å². The number of rotatable bonds is 3. The van der Waals surface area contributed by atoms with E-state index in [-0.39, 0.29) is 5.56 Å². The van der Waals surface area contributed by atoms with Crippen molar-refractivity contribution in [2.24, 2.45) is 7.05 Å². The molecule has 4 heteroatoms. The lowest BCUT2D eigenvalue weighted by atomic mass is 10.2. The van der Waals surface area contributed by atoms with Crippen molar-refractivity contribution >= 4 is 11.0 Å². The molecule has 20 heavy (non-hydrogen) atoms. The van der Waals surface area contributed by atoms with Gasteiger partial charge in [0.15, 0.2) is 0 Å². The second kappa shape index (κ2) is 4.96. The zero-order chi connectivity index (χ0) is 14.1. The fraction of sp³-hybridized carbons (Fsp3) is 0.250. The maximum Gasteiger partial charge on any atom is 0.250 e. The van der Waals surface area contributed by atoms with E-state index in [0.29, 0.717) is 6.54 Å². The van der Waals surface area contributed by atoms with Crippen LogP contribution >= 0.6 is 0 Å². The molecule has 0 unspecified atom stereocenters. The highest BCUT2D eigenvalue weighted by atomic mass is 16.1. The molecule has 0 aliphatic heterocycles. The van der Waals surface area contributed by atoms with E-state index in [2.05, 4.69) is 28.6 Å². The predicted molar refractivity (Wildman–Crippen MR) is 79.9 cm³/mol. The third-order valence-electron chi connectivity index (χ3n) is 3.60. The van der Waals surface area contributed by atoms with E-state index in [1.54, 1.807) is 16.7 Å². The second-order valence-corrected chi connectivity index (χ2v) is 5.06. The summed E-state index contributed by atoms with van der Waals surface area (Å²) < 4.78 is 3.82. The van der Waals surface area contributed by atoms with E-state index < -0.39 is 0 Å². The Balaban J connectivity index is 1.90. The molecule has 2 aromatic heterocycles. The number of hydrogen-bond donors (Lipinski definition) is 0. The average Bonchev–Trinajstić information content (AvgIpc) is 2.75. The molecule has 1 aromatic carbocycles. The normalized spacial score (nSPS) is 11.1. The molecule has 0 saturated carbocycles. The minimum absolute atomic E-state index is 0.0297. The summed E-state index contributed by atoms with van der Waals surface area (Å²) in [4.78, 5) is 16.3. The molecule has 0 aliphatic carbocycles. The number of pyridine rings is 1. The van der Waals surface area contributed by atoms with Gasteiger partial charge in [-0.15, -0.1) is 0 Å². The van der Waals surface area contributed by atoms with Gasteiger partial charge in [-0.1, -0.05) is 12.1 Å². The van der Waals surface area contributed by atoms with Gasteiger partial charge in [-0.2, -0.15) is 0 Å². The van der Waals surface area contributed by atoms with Crippen molar-refractivity contribution in [2.45, 2.75) is 19.9 Å². The molecule has 0 bridgehead atoms. The van der Waals surface area contributed by atoms with Crippen molar-refractivity contribution in [3.8, 4) is 0 Å². The lowest BCUT2D eigenvalue weighted by molar-refractivity contribution is 0.635. The molecule has 3 rings (SSSR count). The van der Waals surface area contributed by atoms with Crippen LogP contribution in [0.3, 0.4) is 0 Å². The number of fused-ring (bicyclic) bond motifs is 1. The van der Waals surface area contributed by atoms with Crippen molar-refractivity contribution in [3.05, 3.63) is 64.3 Å². The Bertz CT molecular complexity index is 814. The number of hydrogen-bond acceptors (Lipinski definition) is 2. The first-order valence-electron chi connectivity index (χ1n) is 6.72. The fourth-order valence-corrected chi connectivity index (χ4v) is 2.44. The maximum atomic E-state index is 11.7. The first-order valence-corrected chi connectivity index (χ1v) is 6.72. The predicted octanol–water partition coefficient (Wildman–Crippen LogP) is 2.29. The Morgan fingerprint density at radius 1 is 1.20 bits per heavy atom. The summed E-state index contributed by atoms with van der Waals surface area (Å²) in [6.07, 6.45) is 2.56. The SMILES string of the molecule is Cc1ccc2nc(CCn3ccccc3=O)n(C)c2c1. The van der Waals surface area contributed by atoms with E-state index in [1.165, 1.54) is 5.56 Å². The third kappa shape index (κ3) is 2.25. The highest BCUT2D eigenvalue weighted by Crippen LogP contribution is 2.16. The van der Waals surface area contributed by atoms with Crippen molar-refractivity contribution in [3.63, 3.8) is 0 Å². The molecule has 0 amide bonds. The topological polar surface area (TPSA) is 39.8 Å². The Labute approximate surface area is 117 Å². The number of nitrogens with zero attached hydrogens (tertiary/aromatic N) is 3. The van der Waals surface area contributed by atoms with Gasteiger partial charge in [-0.3, -0.25) is 4.79 Å². The van der Waals surface area contributed by atoms with Crippen LogP contribution in [0.4, 0.5) is 0 Å². The van der Waals surface area contributed by atoms with Crippen LogP contribution in [0.15, 0.2) is 47.4 Å². The first kappa shape index (κ1) is 12.7. The van der Waals surface area contributed by atoms with Gasteiger partial charge in [0.2, 0.25) is 0 Å².